The smallest absolute Gasteiger partial charge is 0.0382 e. The topological polar surface area (TPSA) is 12.0 Å². The molecule has 1 radical (unpaired) electrons. The molecule has 14 heavy (non-hydrogen) atoms. The van der Waals surface area contributed by atoms with E-state index < -0.39 is 0 Å². The minimum absolute atomic E-state index is 0.950. The van der Waals surface area contributed by atoms with Crippen LogP contribution in [0.15, 0.2) is 30.5 Å². The van der Waals surface area contributed by atoms with Crippen molar-refractivity contribution in [1.29, 1.82) is 0 Å². The Balaban J connectivity index is 2.55. The standard InChI is InChI=1S/C13H18N/c1-4-5-6-9-14-13-8-7-11(2)12(3)10-13/h6-10,14H,1,4-5H2,2-3H3/b9-6+. The molecule has 0 aliphatic carbocycles. The molecule has 1 rings (SSSR count). The maximum Gasteiger partial charge on any atom is 0.0382 e. The zero-order valence-corrected chi connectivity index (χ0v) is 9.01. The van der Waals surface area contributed by atoms with Gasteiger partial charge in [-0.3, -0.25) is 0 Å². The monoisotopic (exact) mass is 188 g/mol. The highest BCUT2D eigenvalue weighted by Gasteiger charge is 1.92. The van der Waals surface area contributed by atoms with Crippen molar-refractivity contribution in [3.8, 4) is 0 Å². The van der Waals surface area contributed by atoms with Gasteiger partial charge in [0.05, 0.1) is 0 Å². The van der Waals surface area contributed by atoms with Crippen molar-refractivity contribution < 1.29 is 0 Å². The number of rotatable bonds is 4. The fourth-order valence-electron chi connectivity index (χ4n) is 1.19. The summed E-state index contributed by atoms with van der Waals surface area (Å²) in [6.45, 7) is 8.02. The lowest BCUT2D eigenvalue weighted by molar-refractivity contribution is 1.05. The van der Waals surface area contributed by atoms with E-state index in [0.29, 0.717) is 0 Å². The third-order valence-corrected chi connectivity index (χ3v) is 2.25. The van der Waals surface area contributed by atoms with Crippen LogP contribution in [0.4, 0.5) is 5.69 Å². The number of nitrogens with one attached hydrogen (secondary N) is 1. The van der Waals surface area contributed by atoms with Gasteiger partial charge in [-0.2, -0.15) is 0 Å². The number of hydrogen-bond acceptors (Lipinski definition) is 1. The third-order valence-electron chi connectivity index (χ3n) is 2.25. The van der Waals surface area contributed by atoms with Crippen LogP contribution in [0.2, 0.25) is 0 Å². The molecule has 0 heterocycles. The van der Waals surface area contributed by atoms with Crippen LogP contribution < -0.4 is 5.32 Å². The van der Waals surface area contributed by atoms with E-state index in [1.54, 1.807) is 0 Å². The van der Waals surface area contributed by atoms with Crippen LogP contribution >= 0.6 is 0 Å². The Morgan fingerprint density at radius 2 is 2.07 bits per heavy atom. The van der Waals surface area contributed by atoms with Gasteiger partial charge in [0, 0.05) is 5.69 Å². The zero-order valence-electron chi connectivity index (χ0n) is 9.01. The molecule has 1 aromatic carbocycles. The molecule has 1 N–H and O–H groups in total. The van der Waals surface area contributed by atoms with Crippen molar-refractivity contribution in [2.45, 2.75) is 26.7 Å². The van der Waals surface area contributed by atoms with Gasteiger partial charge in [0.25, 0.3) is 0 Å². The van der Waals surface area contributed by atoms with Crippen LogP contribution in [-0.2, 0) is 0 Å². The van der Waals surface area contributed by atoms with E-state index in [0.717, 1.165) is 18.5 Å². The maximum absolute atomic E-state index is 3.78. The third kappa shape index (κ3) is 3.25. The fraction of sp³-hybridized carbons (Fsp3) is 0.308. The molecule has 1 aromatic rings. The predicted molar refractivity (Wildman–Crippen MR) is 63.3 cm³/mol. The van der Waals surface area contributed by atoms with Crippen molar-refractivity contribution in [3.05, 3.63) is 48.5 Å². The van der Waals surface area contributed by atoms with Crippen LogP contribution in [0.3, 0.4) is 0 Å². The molecule has 75 valence electrons. The molecular formula is C13H18N. The SMILES string of the molecule is [CH2]CC/C=C/Nc1ccc(C)c(C)c1. The van der Waals surface area contributed by atoms with Crippen molar-refractivity contribution in [1.82, 2.24) is 0 Å². The second kappa shape index (κ2) is 5.48. The second-order valence-electron chi connectivity index (χ2n) is 3.49. The van der Waals surface area contributed by atoms with Gasteiger partial charge < -0.3 is 5.32 Å². The maximum atomic E-state index is 3.78. The minimum Gasteiger partial charge on any atom is -0.362 e. The molecule has 0 saturated heterocycles. The summed E-state index contributed by atoms with van der Waals surface area (Å²) in [6.07, 6.45) is 6.06. The number of allylic oxidation sites excluding steroid dienone is 1. The Morgan fingerprint density at radius 3 is 2.71 bits per heavy atom. The first kappa shape index (κ1) is 10.8. The first-order valence-electron chi connectivity index (χ1n) is 5.02. The molecule has 0 amide bonds. The molecule has 0 saturated carbocycles. The van der Waals surface area contributed by atoms with Crippen LogP contribution in [0.25, 0.3) is 0 Å². The molecule has 0 spiro atoms. The van der Waals surface area contributed by atoms with Gasteiger partial charge in [0.1, 0.15) is 0 Å². The molecule has 0 unspecified atom stereocenters. The van der Waals surface area contributed by atoms with Gasteiger partial charge in [-0.1, -0.05) is 19.1 Å². The Labute approximate surface area is 86.8 Å². The summed E-state index contributed by atoms with van der Waals surface area (Å²) in [4.78, 5) is 0. The Morgan fingerprint density at radius 1 is 1.29 bits per heavy atom. The Kier molecular flexibility index (Phi) is 4.24. The normalized spacial score (nSPS) is 10.8. The van der Waals surface area contributed by atoms with Crippen LogP contribution in [0.1, 0.15) is 24.0 Å². The molecule has 0 fully saturated rings. The average molecular weight is 188 g/mol. The molecule has 0 aliphatic heterocycles. The van der Waals surface area contributed by atoms with E-state index >= 15 is 0 Å². The minimum atomic E-state index is 0.950. The van der Waals surface area contributed by atoms with Crippen molar-refractivity contribution >= 4 is 5.69 Å². The van der Waals surface area contributed by atoms with Crippen LogP contribution in [0, 0.1) is 20.8 Å². The van der Waals surface area contributed by atoms with Gasteiger partial charge >= 0.3 is 0 Å². The molecule has 0 aromatic heterocycles. The van der Waals surface area contributed by atoms with Crippen LogP contribution in [-0.4, -0.2) is 0 Å². The van der Waals surface area contributed by atoms with E-state index in [1.165, 1.54) is 11.1 Å². The molecular weight excluding hydrogens is 170 g/mol. The van der Waals surface area contributed by atoms with Gasteiger partial charge in [-0.25, -0.2) is 0 Å². The van der Waals surface area contributed by atoms with E-state index in [-0.39, 0.29) is 0 Å². The molecule has 1 heteroatoms. The van der Waals surface area contributed by atoms with Crippen molar-refractivity contribution in [3.63, 3.8) is 0 Å². The van der Waals surface area contributed by atoms with Gasteiger partial charge in [0.15, 0.2) is 0 Å². The van der Waals surface area contributed by atoms with E-state index in [9.17, 15) is 0 Å². The fourth-order valence-corrected chi connectivity index (χ4v) is 1.19. The number of anilines is 1. The quantitative estimate of drug-likeness (QED) is 0.757. The molecule has 1 nitrogen and oxygen atoms in total. The number of aryl methyl sites for hydroxylation is 2. The number of unbranched alkanes of at least 4 members (excludes halogenated alkanes) is 1. The number of benzene rings is 1. The summed E-state index contributed by atoms with van der Waals surface area (Å²) in [5, 5.41) is 3.24. The highest BCUT2D eigenvalue weighted by atomic mass is 14.8. The predicted octanol–water partition coefficient (Wildman–Crippen LogP) is 3.84. The summed E-state index contributed by atoms with van der Waals surface area (Å²) in [7, 11) is 0. The largest absolute Gasteiger partial charge is 0.362 e. The van der Waals surface area contributed by atoms with E-state index in [4.69, 9.17) is 0 Å². The average Bonchev–Trinajstić information content (AvgIpc) is 2.18. The van der Waals surface area contributed by atoms with E-state index in [2.05, 4.69) is 50.4 Å². The number of hydrogen-bond donors (Lipinski definition) is 1. The van der Waals surface area contributed by atoms with Crippen LogP contribution in [0.5, 0.6) is 0 Å². The summed E-state index contributed by atoms with van der Waals surface area (Å²) in [5.74, 6) is 0. The first-order chi connectivity index (χ1) is 6.74. The van der Waals surface area contributed by atoms with Crippen molar-refractivity contribution in [2.75, 3.05) is 5.32 Å². The van der Waals surface area contributed by atoms with Gasteiger partial charge in [-0.05, 0) is 56.1 Å². The highest BCUT2D eigenvalue weighted by Crippen LogP contribution is 2.13. The Hall–Kier alpha value is -1.24. The molecule has 0 atom stereocenters. The Bertz CT molecular complexity index is 313. The molecule has 0 bridgehead atoms. The zero-order chi connectivity index (χ0) is 10.4. The second-order valence-corrected chi connectivity index (χ2v) is 3.49. The lowest BCUT2D eigenvalue weighted by Gasteiger charge is -2.04. The van der Waals surface area contributed by atoms with E-state index in [1.807, 2.05) is 6.20 Å². The summed E-state index contributed by atoms with van der Waals surface area (Å²) in [5.41, 5.74) is 3.80. The lowest BCUT2D eigenvalue weighted by atomic mass is 10.1. The lowest BCUT2D eigenvalue weighted by Crippen LogP contribution is -1.89. The summed E-state index contributed by atoms with van der Waals surface area (Å²) >= 11 is 0. The highest BCUT2D eigenvalue weighted by molar-refractivity contribution is 5.49. The van der Waals surface area contributed by atoms with Gasteiger partial charge in [-0.15, -0.1) is 0 Å². The summed E-state index contributed by atoms with van der Waals surface area (Å²) < 4.78 is 0. The summed E-state index contributed by atoms with van der Waals surface area (Å²) in [6, 6.07) is 6.38. The molecule has 0 aliphatic rings. The van der Waals surface area contributed by atoms with Crippen molar-refractivity contribution in [2.24, 2.45) is 0 Å². The van der Waals surface area contributed by atoms with Gasteiger partial charge in [0.2, 0.25) is 0 Å². The first-order valence-corrected chi connectivity index (χ1v) is 5.02.